The summed E-state index contributed by atoms with van der Waals surface area (Å²) in [4.78, 5) is 21.0. The predicted molar refractivity (Wildman–Crippen MR) is 107 cm³/mol. The van der Waals surface area contributed by atoms with Crippen molar-refractivity contribution in [3.05, 3.63) is 59.8 Å². The van der Waals surface area contributed by atoms with E-state index in [2.05, 4.69) is 10.2 Å². The van der Waals surface area contributed by atoms with Crippen LogP contribution in [0.25, 0.3) is 11.1 Å². The number of rotatable bonds is 6. The number of benzene rings is 1. The molecular weight excluding hydrogens is 373 g/mol. The molecule has 0 unspecified atom stereocenters. The van der Waals surface area contributed by atoms with Crippen LogP contribution in [0.3, 0.4) is 0 Å². The molecule has 1 fully saturated rings. The SMILES string of the molecule is CCc1nc(N2CCN(Cc3cc(F)cc(OC)c3)C2=O)ccc1-c1cn[nH]c1. The van der Waals surface area contributed by atoms with Gasteiger partial charge in [0.25, 0.3) is 0 Å². The minimum absolute atomic E-state index is 0.140. The molecule has 3 aromatic rings. The second kappa shape index (κ2) is 7.90. The third-order valence-corrected chi connectivity index (χ3v) is 5.02. The maximum Gasteiger partial charge on any atom is 0.326 e. The molecule has 1 saturated heterocycles. The van der Waals surface area contributed by atoms with Gasteiger partial charge >= 0.3 is 6.03 Å². The minimum atomic E-state index is -0.382. The van der Waals surface area contributed by atoms with Gasteiger partial charge in [-0.15, -0.1) is 0 Å². The van der Waals surface area contributed by atoms with Crippen LogP contribution < -0.4 is 9.64 Å². The van der Waals surface area contributed by atoms with E-state index in [1.807, 2.05) is 25.3 Å². The van der Waals surface area contributed by atoms with Crippen molar-refractivity contribution in [2.45, 2.75) is 19.9 Å². The summed E-state index contributed by atoms with van der Waals surface area (Å²) in [5.74, 6) is 0.679. The van der Waals surface area contributed by atoms with Crippen molar-refractivity contribution >= 4 is 11.8 Å². The van der Waals surface area contributed by atoms with Gasteiger partial charge in [0, 0.05) is 43.0 Å². The summed E-state index contributed by atoms with van der Waals surface area (Å²) < 4.78 is 18.9. The fourth-order valence-corrected chi connectivity index (χ4v) is 3.56. The van der Waals surface area contributed by atoms with Crippen LogP contribution in [0.4, 0.5) is 15.0 Å². The Kier molecular flexibility index (Phi) is 5.16. The molecule has 1 aliphatic heterocycles. The first-order valence-electron chi connectivity index (χ1n) is 9.48. The van der Waals surface area contributed by atoms with Gasteiger partial charge < -0.3 is 9.64 Å². The number of carbonyl (C=O) groups excluding carboxylic acids is 1. The summed E-state index contributed by atoms with van der Waals surface area (Å²) in [7, 11) is 1.49. The molecule has 0 radical (unpaired) electrons. The van der Waals surface area contributed by atoms with E-state index in [4.69, 9.17) is 9.72 Å². The van der Waals surface area contributed by atoms with E-state index in [1.165, 1.54) is 19.2 Å². The number of anilines is 1. The van der Waals surface area contributed by atoms with E-state index in [-0.39, 0.29) is 11.8 Å². The predicted octanol–water partition coefficient (Wildman–Crippen LogP) is 3.62. The molecular formula is C21H22FN5O2. The van der Waals surface area contributed by atoms with Gasteiger partial charge in [0.1, 0.15) is 17.4 Å². The third kappa shape index (κ3) is 3.78. The molecule has 0 spiro atoms. The van der Waals surface area contributed by atoms with E-state index in [9.17, 15) is 9.18 Å². The Labute approximate surface area is 168 Å². The summed E-state index contributed by atoms with van der Waals surface area (Å²) in [5, 5.41) is 6.81. The van der Waals surface area contributed by atoms with Crippen molar-refractivity contribution in [1.29, 1.82) is 0 Å². The summed E-state index contributed by atoms with van der Waals surface area (Å²) in [6.45, 7) is 3.43. The van der Waals surface area contributed by atoms with Crippen LogP contribution in [0, 0.1) is 5.82 Å². The minimum Gasteiger partial charge on any atom is -0.497 e. The van der Waals surface area contributed by atoms with Gasteiger partial charge in [-0.25, -0.2) is 14.2 Å². The number of ether oxygens (including phenoxy) is 1. The zero-order valence-corrected chi connectivity index (χ0v) is 16.4. The molecule has 1 aromatic carbocycles. The average molecular weight is 395 g/mol. The van der Waals surface area contributed by atoms with E-state index in [0.717, 1.165) is 23.2 Å². The largest absolute Gasteiger partial charge is 0.497 e. The lowest BCUT2D eigenvalue weighted by atomic mass is 10.1. The zero-order valence-electron chi connectivity index (χ0n) is 16.4. The highest BCUT2D eigenvalue weighted by molar-refractivity contribution is 5.93. The zero-order chi connectivity index (χ0) is 20.4. The maximum atomic E-state index is 13.8. The van der Waals surface area contributed by atoms with Crippen molar-refractivity contribution in [3.63, 3.8) is 0 Å². The number of aryl methyl sites for hydroxylation is 1. The highest BCUT2D eigenvalue weighted by atomic mass is 19.1. The number of pyridine rings is 1. The van der Waals surface area contributed by atoms with Crippen LogP contribution in [0.1, 0.15) is 18.2 Å². The van der Waals surface area contributed by atoms with Crippen molar-refractivity contribution in [2.24, 2.45) is 0 Å². The van der Waals surface area contributed by atoms with Gasteiger partial charge in [-0.2, -0.15) is 5.10 Å². The molecule has 3 heterocycles. The van der Waals surface area contributed by atoms with E-state index in [0.29, 0.717) is 36.8 Å². The number of methoxy groups -OCH3 is 1. The number of amides is 2. The number of hydrogen-bond acceptors (Lipinski definition) is 4. The Balaban J connectivity index is 1.54. The average Bonchev–Trinajstić information content (AvgIpc) is 3.38. The molecule has 0 atom stereocenters. The second-order valence-corrected chi connectivity index (χ2v) is 6.86. The summed E-state index contributed by atoms with van der Waals surface area (Å²) >= 11 is 0. The van der Waals surface area contributed by atoms with Gasteiger partial charge in [-0.05, 0) is 36.2 Å². The topological polar surface area (TPSA) is 74.3 Å². The molecule has 1 aliphatic rings. The maximum absolute atomic E-state index is 13.8. The number of carbonyl (C=O) groups is 1. The Morgan fingerprint density at radius 2 is 2.10 bits per heavy atom. The number of halogens is 1. The van der Waals surface area contributed by atoms with Crippen molar-refractivity contribution in [3.8, 4) is 16.9 Å². The van der Waals surface area contributed by atoms with Crippen LogP contribution in [0.5, 0.6) is 5.75 Å². The Morgan fingerprint density at radius 1 is 1.24 bits per heavy atom. The monoisotopic (exact) mass is 395 g/mol. The molecule has 8 heteroatoms. The number of aromatic nitrogens is 3. The number of H-pyrrole nitrogens is 1. The number of nitrogens with one attached hydrogen (secondary N) is 1. The normalized spacial score (nSPS) is 14.0. The van der Waals surface area contributed by atoms with Gasteiger partial charge in [0.2, 0.25) is 0 Å². The summed E-state index contributed by atoms with van der Waals surface area (Å²) in [6.07, 6.45) is 4.32. The van der Waals surface area contributed by atoms with Gasteiger partial charge in [0.05, 0.1) is 19.0 Å². The molecule has 7 nitrogen and oxygen atoms in total. The van der Waals surface area contributed by atoms with Crippen LogP contribution in [-0.4, -0.2) is 46.3 Å². The number of urea groups is 1. The van der Waals surface area contributed by atoms with Gasteiger partial charge in [-0.3, -0.25) is 10.00 Å². The number of nitrogens with zero attached hydrogens (tertiary/aromatic N) is 4. The van der Waals surface area contributed by atoms with Crippen molar-refractivity contribution in [1.82, 2.24) is 20.1 Å². The van der Waals surface area contributed by atoms with Gasteiger partial charge in [0.15, 0.2) is 0 Å². The van der Waals surface area contributed by atoms with E-state index >= 15 is 0 Å². The molecule has 29 heavy (non-hydrogen) atoms. The molecule has 0 bridgehead atoms. The standard InChI is InChI=1S/C21H22FN5O2/c1-3-19-18(15-11-23-24-12-15)4-5-20(25-19)27-7-6-26(21(27)28)13-14-8-16(22)10-17(9-14)29-2/h4-5,8-12H,3,6-7,13H2,1-2H3,(H,23,24). The van der Waals surface area contributed by atoms with Crippen LogP contribution >= 0.6 is 0 Å². The number of hydrogen-bond donors (Lipinski definition) is 1. The van der Waals surface area contributed by atoms with E-state index < -0.39 is 0 Å². The Hall–Kier alpha value is -3.42. The van der Waals surface area contributed by atoms with Crippen LogP contribution in [0.15, 0.2) is 42.7 Å². The van der Waals surface area contributed by atoms with Crippen molar-refractivity contribution in [2.75, 3.05) is 25.1 Å². The highest BCUT2D eigenvalue weighted by Crippen LogP contribution is 2.27. The van der Waals surface area contributed by atoms with Gasteiger partial charge in [-0.1, -0.05) is 6.92 Å². The molecule has 0 saturated carbocycles. The first kappa shape index (κ1) is 18.9. The lowest BCUT2D eigenvalue weighted by Gasteiger charge is -2.19. The second-order valence-electron chi connectivity index (χ2n) is 6.86. The smallest absolute Gasteiger partial charge is 0.326 e. The highest BCUT2D eigenvalue weighted by Gasteiger charge is 2.31. The van der Waals surface area contributed by atoms with Crippen LogP contribution in [-0.2, 0) is 13.0 Å². The molecule has 0 aliphatic carbocycles. The summed E-state index contributed by atoms with van der Waals surface area (Å²) in [6, 6.07) is 8.17. The molecule has 2 amide bonds. The molecule has 2 aromatic heterocycles. The first-order valence-corrected chi connectivity index (χ1v) is 9.48. The molecule has 1 N–H and O–H groups in total. The lowest BCUT2D eigenvalue weighted by molar-refractivity contribution is 0.218. The Bertz CT molecular complexity index is 1020. The molecule has 4 rings (SSSR count). The third-order valence-electron chi connectivity index (χ3n) is 5.02. The summed E-state index contributed by atoms with van der Waals surface area (Å²) in [5.41, 5.74) is 3.57. The number of aromatic amines is 1. The lowest BCUT2D eigenvalue weighted by Crippen LogP contribution is -2.32. The van der Waals surface area contributed by atoms with Crippen molar-refractivity contribution < 1.29 is 13.9 Å². The van der Waals surface area contributed by atoms with E-state index in [1.54, 1.807) is 22.1 Å². The fraction of sp³-hybridized carbons (Fsp3) is 0.286. The molecule has 150 valence electrons. The Morgan fingerprint density at radius 3 is 2.83 bits per heavy atom. The fourth-order valence-electron chi connectivity index (χ4n) is 3.56. The van der Waals surface area contributed by atoms with Crippen LogP contribution in [0.2, 0.25) is 0 Å². The quantitative estimate of drug-likeness (QED) is 0.692. The first-order chi connectivity index (χ1) is 14.1.